The second kappa shape index (κ2) is 7.72. The van der Waals surface area contributed by atoms with Crippen molar-refractivity contribution < 1.29 is 9.53 Å². The van der Waals surface area contributed by atoms with Gasteiger partial charge in [0.15, 0.2) is 0 Å². The number of ether oxygens (including phenoxy) is 1. The van der Waals surface area contributed by atoms with Gasteiger partial charge in [0.1, 0.15) is 5.75 Å². The molecule has 2 unspecified atom stereocenters. The summed E-state index contributed by atoms with van der Waals surface area (Å²) in [5.41, 5.74) is 0.518. The van der Waals surface area contributed by atoms with E-state index in [-0.39, 0.29) is 24.4 Å². The van der Waals surface area contributed by atoms with Gasteiger partial charge in [-0.3, -0.25) is 4.79 Å². The standard InChI is InChI=1S/C14H19ClN2O2.ClH/c1-9-5-6-16-8-12(9)17-14(18)11-4-3-10(15)7-13(11)19-2;/h3-4,7,9,12,16H,5-6,8H2,1-2H3,(H,17,18);1H. The zero-order valence-corrected chi connectivity index (χ0v) is 13.2. The summed E-state index contributed by atoms with van der Waals surface area (Å²) in [6.07, 6.45) is 1.07. The van der Waals surface area contributed by atoms with Crippen molar-refractivity contribution in [2.24, 2.45) is 5.92 Å². The van der Waals surface area contributed by atoms with Crippen LogP contribution in [0.25, 0.3) is 0 Å². The monoisotopic (exact) mass is 318 g/mol. The highest BCUT2D eigenvalue weighted by atomic mass is 35.5. The lowest BCUT2D eigenvalue weighted by atomic mass is 9.94. The fourth-order valence-electron chi connectivity index (χ4n) is 2.28. The van der Waals surface area contributed by atoms with Gasteiger partial charge in [0.2, 0.25) is 0 Å². The first-order chi connectivity index (χ1) is 9.11. The number of rotatable bonds is 3. The van der Waals surface area contributed by atoms with Gasteiger partial charge >= 0.3 is 0 Å². The molecular weight excluding hydrogens is 299 g/mol. The van der Waals surface area contributed by atoms with Gasteiger partial charge in [-0.25, -0.2) is 0 Å². The lowest BCUT2D eigenvalue weighted by molar-refractivity contribution is 0.0912. The first-order valence-corrected chi connectivity index (χ1v) is 6.84. The molecule has 0 spiro atoms. The smallest absolute Gasteiger partial charge is 0.255 e. The molecule has 1 heterocycles. The van der Waals surface area contributed by atoms with E-state index < -0.39 is 0 Å². The number of carbonyl (C=O) groups excluding carboxylic acids is 1. The fourth-order valence-corrected chi connectivity index (χ4v) is 2.44. The molecule has 0 aliphatic carbocycles. The Bertz CT molecular complexity index is 468. The second-order valence-corrected chi connectivity index (χ2v) is 5.33. The number of carbonyl (C=O) groups is 1. The predicted molar refractivity (Wildman–Crippen MR) is 83.2 cm³/mol. The molecule has 1 aromatic rings. The number of nitrogens with one attached hydrogen (secondary N) is 2. The third kappa shape index (κ3) is 4.01. The zero-order valence-electron chi connectivity index (χ0n) is 11.6. The minimum Gasteiger partial charge on any atom is -0.496 e. The van der Waals surface area contributed by atoms with Crippen molar-refractivity contribution in [2.45, 2.75) is 19.4 Å². The molecule has 0 saturated carbocycles. The van der Waals surface area contributed by atoms with Crippen molar-refractivity contribution in [1.82, 2.24) is 10.6 Å². The van der Waals surface area contributed by atoms with Gasteiger partial charge in [-0.2, -0.15) is 0 Å². The van der Waals surface area contributed by atoms with E-state index in [2.05, 4.69) is 17.6 Å². The Morgan fingerprint density at radius 3 is 2.90 bits per heavy atom. The Balaban J connectivity index is 0.00000200. The summed E-state index contributed by atoms with van der Waals surface area (Å²) in [5.74, 6) is 0.860. The lowest BCUT2D eigenvalue weighted by Crippen LogP contribution is -2.50. The molecule has 20 heavy (non-hydrogen) atoms. The van der Waals surface area contributed by atoms with Crippen LogP contribution in [0.1, 0.15) is 23.7 Å². The van der Waals surface area contributed by atoms with E-state index in [1.165, 1.54) is 7.11 Å². The highest BCUT2D eigenvalue weighted by Crippen LogP contribution is 2.23. The normalized spacial score (nSPS) is 21.8. The fraction of sp³-hybridized carbons (Fsp3) is 0.500. The van der Waals surface area contributed by atoms with E-state index in [4.69, 9.17) is 16.3 Å². The molecule has 112 valence electrons. The maximum Gasteiger partial charge on any atom is 0.255 e. The maximum absolute atomic E-state index is 12.3. The summed E-state index contributed by atoms with van der Waals surface area (Å²) >= 11 is 5.89. The molecule has 2 atom stereocenters. The van der Waals surface area contributed by atoms with Gasteiger partial charge in [-0.1, -0.05) is 18.5 Å². The number of amides is 1. The molecule has 1 aliphatic rings. The van der Waals surface area contributed by atoms with Crippen LogP contribution in [0.4, 0.5) is 0 Å². The van der Waals surface area contributed by atoms with Crippen molar-refractivity contribution in [3.8, 4) is 5.75 Å². The van der Waals surface area contributed by atoms with Crippen molar-refractivity contribution in [1.29, 1.82) is 0 Å². The van der Waals surface area contributed by atoms with E-state index in [0.29, 0.717) is 22.3 Å². The van der Waals surface area contributed by atoms with Crippen LogP contribution in [0.15, 0.2) is 18.2 Å². The SMILES string of the molecule is COc1cc(Cl)ccc1C(=O)NC1CNCCC1C.Cl. The van der Waals surface area contributed by atoms with Crippen LogP contribution in [0.2, 0.25) is 5.02 Å². The lowest BCUT2D eigenvalue weighted by Gasteiger charge is -2.30. The van der Waals surface area contributed by atoms with Crippen molar-refractivity contribution in [2.75, 3.05) is 20.2 Å². The molecule has 6 heteroatoms. The summed E-state index contributed by atoms with van der Waals surface area (Å²) in [4.78, 5) is 12.3. The molecule has 2 rings (SSSR count). The molecule has 1 fully saturated rings. The van der Waals surface area contributed by atoms with Crippen molar-refractivity contribution >= 4 is 29.9 Å². The maximum atomic E-state index is 12.3. The van der Waals surface area contributed by atoms with Crippen molar-refractivity contribution in [3.05, 3.63) is 28.8 Å². The molecule has 4 nitrogen and oxygen atoms in total. The molecular formula is C14H20Cl2N2O2. The molecule has 1 amide bonds. The van der Waals surface area contributed by atoms with Gasteiger partial charge in [0.05, 0.1) is 12.7 Å². The van der Waals surface area contributed by atoms with Crippen LogP contribution in [-0.4, -0.2) is 32.1 Å². The summed E-state index contributed by atoms with van der Waals surface area (Å²) in [6.45, 7) is 3.98. The molecule has 1 aromatic carbocycles. The second-order valence-electron chi connectivity index (χ2n) is 4.89. The van der Waals surface area contributed by atoms with E-state index in [1.54, 1.807) is 18.2 Å². The quantitative estimate of drug-likeness (QED) is 0.900. The van der Waals surface area contributed by atoms with Crippen LogP contribution < -0.4 is 15.4 Å². The van der Waals surface area contributed by atoms with Gasteiger partial charge in [-0.05, 0) is 37.1 Å². The average Bonchev–Trinajstić information content (AvgIpc) is 2.41. The van der Waals surface area contributed by atoms with E-state index in [1.807, 2.05) is 0 Å². The first kappa shape index (κ1) is 17.1. The minimum atomic E-state index is -0.117. The molecule has 1 saturated heterocycles. The number of methoxy groups -OCH3 is 1. The molecule has 0 radical (unpaired) electrons. The average molecular weight is 319 g/mol. The summed E-state index contributed by atoms with van der Waals surface area (Å²) < 4.78 is 5.20. The Labute approximate surface area is 130 Å². The molecule has 0 bridgehead atoms. The summed E-state index contributed by atoms with van der Waals surface area (Å²) in [6, 6.07) is 5.19. The van der Waals surface area contributed by atoms with Crippen LogP contribution in [0.3, 0.4) is 0 Å². The predicted octanol–water partition coefficient (Wildman–Crippen LogP) is 2.50. The van der Waals surface area contributed by atoms with Crippen molar-refractivity contribution in [3.63, 3.8) is 0 Å². The largest absolute Gasteiger partial charge is 0.496 e. The van der Waals surface area contributed by atoms with Gasteiger partial charge in [0.25, 0.3) is 5.91 Å². The van der Waals surface area contributed by atoms with Gasteiger partial charge in [-0.15, -0.1) is 12.4 Å². The van der Waals surface area contributed by atoms with E-state index in [9.17, 15) is 4.79 Å². The number of hydrogen-bond acceptors (Lipinski definition) is 3. The van der Waals surface area contributed by atoms with Gasteiger partial charge < -0.3 is 15.4 Å². The Morgan fingerprint density at radius 1 is 1.50 bits per heavy atom. The Kier molecular flexibility index (Phi) is 6.59. The highest BCUT2D eigenvalue weighted by molar-refractivity contribution is 6.30. The number of hydrogen-bond donors (Lipinski definition) is 2. The highest BCUT2D eigenvalue weighted by Gasteiger charge is 2.24. The number of piperidine rings is 1. The zero-order chi connectivity index (χ0) is 13.8. The van der Waals surface area contributed by atoms with Crippen LogP contribution in [0.5, 0.6) is 5.75 Å². The minimum absolute atomic E-state index is 0. The van der Waals surface area contributed by atoms with Crippen LogP contribution in [0, 0.1) is 5.92 Å². The van der Waals surface area contributed by atoms with Crippen LogP contribution in [-0.2, 0) is 0 Å². The number of benzene rings is 1. The number of halogens is 2. The third-order valence-corrected chi connectivity index (χ3v) is 3.79. The molecule has 2 N–H and O–H groups in total. The third-order valence-electron chi connectivity index (χ3n) is 3.55. The topological polar surface area (TPSA) is 50.4 Å². The van der Waals surface area contributed by atoms with E-state index in [0.717, 1.165) is 19.5 Å². The molecule has 0 aromatic heterocycles. The van der Waals surface area contributed by atoms with Crippen LogP contribution >= 0.6 is 24.0 Å². The van der Waals surface area contributed by atoms with E-state index >= 15 is 0 Å². The van der Waals surface area contributed by atoms with Gasteiger partial charge in [0, 0.05) is 17.6 Å². The Hall–Kier alpha value is -0.970. The summed E-state index contributed by atoms with van der Waals surface area (Å²) in [7, 11) is 1.53. The Morgan fingerprint density at radius 2 is 2.25 bits per heavy atom. The first-order valence-electron chi connectivity index (χ1n) is 6.47. The molecule has 1 aliphatic heterocycles. The summed E-state index contributed by atoms with van der Waals surface area (Å²) in [5, 5.41) is 6.90.